The van der Waals surface area contributed by atoms with E-state index in [1.165, 1.54) is 0 Å². The van der Waals surface area contributed by atoms with Crippen LogP contribution in [0, 0.1) is 5.41 Å². The summed E-state index contributed by atoms with van der Waals surface area (Å²) in [6, 6.07) is 0. The average Bonchev–Trinajstić information content (AvgIpc) is 2.44. The SMILES string of the molecule is CC(C=CC1=C(C)C(=O)C(O)CC1(C)C)=CC=CC(C)=CCO. The van der Waals surface area contributed by atoms with Crippen LogP contribution in [-0.4, -0.2) is 28.7 Å². The van der Waals surface area contributed by atoms with Crippen LogP contribution in [0.4, 0.5) is 0 Å². The van der Waals surface area contributed by atoms with E-state index in [4.69, 9.17) is 5.11 Å². The summed E-state index contributed by atoms with van der Waals surface area (Å²) >= 11 is 0. The van der Waals surface area contributed by atoms with Gasteiger partial charge in [0.1, 0.15) is 6.10 Å². The molecule has 0 aromatic heterocycles. The summed E-state index contributed by atoms with van der Waals surface area (Å²) < 4.78 is 0. The molecule has 0 spiro atoms. The lowest BCUT2D eigenvalue weighted by atomic mass is 9.71. The molecule has 0 aromatic rings. The van der Waals surface area contributed by atoms with Gasteiger partial charge in [0, 0.05) is 0 Å². The van der Waals surface area contributed by atoms with Crippen LogP contribution < -0.4 is 0 Å². The molecule has 1 aliphatic carbocycles. The van der Waals surface area contributed by atoms with Crippen LogP contribution in [0.2, 0.25) is 0 Å². The van der Waals surface area contributed by atoms with Crippen molar-refractivity contribution < 1.29 is 15.0 Å². The van der Waals surface area contributed by atoms with Crippen molar-refractivity contribution in [3.05, 3.63) is 58.7 Å². The van der Waals surface area contributed by atoms with E-state index in [2.05, 4.69) is 0 Å². The number of carbonyl (C=O) groups is 1. The second-order valence-electron chi connectivity index (χ2n) is 6.74. The Hall–Kier alpha value is -1.71. The quantitative estimate of drug-likeness (QED) is 0.761. The predicted octanol–water partition coefficient (Wildman–Crippen LogP) is 3.66. The molecule has 1 rings (SSSR count). The summed E-state index contributed by atoms with van der Waals surface area (Å²) in [6.45, 7) is 9.85. The highest BCUT2D eigenvalue weighted by Gasteiger charge is 2.36. The van der Waals surface area contributed by atoms with Gasteiger partial charge in [-0.1, -0.05) is 61.4 Å². The maximum atomic E-state index is 12.0. The van der Waals surface area contributed by atoms with Crippen LogP contribution >= 0.6 is 0 Å². The zero-order chi connectivity index (χ0) is 17.6. The first-order valence-electron chi connectivity index (χ1n) is 7.93. The first-order chi connectivity index (χ1) is 10.7. The Kier molecular flexibility index (Phi) is 6.92. The van der Waals surface area contributed by atoms with E-state index >= 15 is 0 Å². The van der Waals surface area contributed by atoms with Crippen LogP contribution in [-0.2, 0) is 4.79 Å². The van der Waals surface area contributed by atoms with Crippen molar-refractivity contribution in [3.8, 4) is 0 Å². The van der Waals surface area contributed by atoms with Crippen molar-refractivity contribution in [1.82, 2.24) is 0 Å². The molecule has 0 fully saturated rings. The van der Waals surface area contributed by atoms with Crippen LogP contribution in [0.3, 0.4) is 0 Å². The normalized spacial score (nSPS) is 23.4. The Balaban J connectivity index is 2.94. The third-order valence-electron chi connectivity index (χ3n) is 4.15. The summed E-state index contributed by atoms with van der Waals surface area (Å²) in [5.74, 6) is -0.171. The Bertz CT molecular complexity index is 598. The number of aliphatic hydroxyl groups excluding tert-OH is 2. The third-order valence-corrected chi connectivity index (χ3v) is 4.15. The van der Waals surface area contributed by atoms with Gasteiger partial charge in [0.25, 0.3) is 0 Å². The lowest BCUT2D eigenvalue weighted by molar-refractivity contribution is -0.125. The molecule has 0 heterocycles. The summed E-state index contributed by atoms with van der Waals surface area (Å²) in [7, 11) is 0. The van der Waals surface area contributed by atoms with E-state index in [9.17, 15) is 9.90 Å². The number of allylic oxidation sites excluding steroid dienone is 8. The molecule has 0 amide bonds. The number of rotatable bonds is 5. The van der Waals surface area contributed by atoms with Crippen molar-refractivity contribution in [2.24, 2.45) is 5.41 Å². The number of aliphatic hydroxyl groups is 2. The standard InChI is InChI=1S/C20H28O3/c1-14(7-6-8-15(2)11-12-21)9-10-17-16(3)19(23)18(22)13-20(17,4)5/h6-11,18,21-22H,12-13H2,1-5H3. The highest BCUT2D eigenvalue weighted by atomic mass is 16.3. The maximum Gasteiger partial charge on any atom is 0.187 e. The number of hydrogen-bond acceptors (Lipinski definition) is 3. The molecule has 23 heavy (non-hydrogen) atoms. The monoisotopic (exact) mass is 316 g/mol. The van der Waals surface area contributed by atoms with E-state index < -0.39 is 6.10 Å². The van der Waals surface area contributed by atoms with Gasteiger partial charge in [-0.15, -0.1) is 0 Å². The number of carbonyl (C=O) groups excluding carboxylic acids is 1. The van der Waals surface area contributed by atoms with Crippen molar-refractivity contribution in [2.75, 3.05) is 6.61 Å². The Morgan fingerprint density at radius 1 is 1.26 bits per heavy atom. The molecule has 0 bridgehead atoms. The zero-order valence-electron chi connectivity index (χ0n) is 14.8. The van der Waals surface area contributed by atoms with E-state index in [1.807, 2.05) is 58.1 Å². The molecular formula is C20H28O3. The Morgan fingerprint density at radius 2 is 1.91 bits per heavy atom. The van der Waals surface area contributed by atoms with Crippen molar-refractivity contribution >= 4 is 5.78 Å². The summed E-state index contributed by atoms with van der Waals surface area (Å²) in [5, 5.41) is 18.6. The molecule has 0 aliphatic heterocycles. The Morgan fingerprint density at radius 3 is 2.52 bits per heavy atom. The minimum absolute atomic E-state index is 0.0428. The first kappa shape index (κ1) is 19.3. The molecule has 126 valence electrons. The molecule has 0 saturated heterocycles. The van der Waals surface area contributed by atoms with Crippen LogP contribution in [0.1, 0.15) is 41.0 Å². The van der Waals surface area contributed by atoms with Gasteiger partial charge in [-0.3, -0.25) is 4.79 Å². The fraction of sp³-hybridized carbons (Fsp3) is 0.450. The lowest BCUT2D eigenvalue weighted by Crippen LogP contribution is -2.35. The van der Waals surface area contributed by atoms with Crippen LogP contribution in [0.25, 0.3) is 0 Å². The molecule has 3 nitrogen and oxygen atoms in total. The lowest BCUT2D eigenvalue weighted by Gasteiger charge is -2.34. The summed E-state index contributed by atoms with van der Waals surface area (Å²) in [5.41, 5.74) is 3.49. The second-order valence-corrected chi connectivity index (χ2v) is 6.74. The largest absolute Gasteiger partial charge is 0.392 e. The number of hydrogen-bond donors (Lipinski definition) is 2. The second kappa shape index (κ2) is 8.23. The Labute approximate surface area is 139 Å². The summed E-state index contributed by atoms with van der Waals surface area (Å²) in [6.07, 6.45) is 11.1. The minimum Gasteiger partial charge on any atom is -0.392 e. The van der Waals surface area contributed by atoms with E-state index in [1.54, 1.807) is 13.0 Å². The molecular weight excluding hydrogens is 288 g/mol. The highest BCUT2D eigenvalue weighted by molar-refractivity contribution is 6.00. The van der Waals surface area contributed by atoms with Gasteiger partial charge in [0.15, 0.2) is 5.78 Å². The van der Waals surface area contributed by atoms with E-state index in [0.717, 1.165) is 16.7 Å². The van der Waals surface area contributed by atoms with Crippen molar-refractivity contribution in [1.29, 1.82) is 0 Å². The number of Topliss-reactive ketones (excluding diaryl/α,β-unsaturated/α-hetero) is 1. The van der Waals surface area contributed by atoms with Gasteiger partial charge in [0.2, 0.25) is 0 Å². The van der Waals surface area contributed by atoms with Gasteiger partial charge in [-0.2, -0.15) is 0 Å². The maximum absolute atomic E-state index is 12.0. The summed E-state index contributed by atoms with van der Waals surface area (Å²) in [4.78, 5) is 12.0. The molecule has 1 aliphatic rings. The zero-order valence-corrected chi connectivity index (χ0v) is 14.8. The third kappa shape index (κ3) is 5.45. The van der Waals surface area contributed by atoms with Crippen molar-refractivity contribution in [3.63, 3.8) is 0 Å². The first-order valence-corrected chi connectivity index (χ1v) is 7.93. The minimum atomic E-state index is -0.886. The molecule has 3 heteroatoms. The fourth-order valence-electron chi connectivity index (χ4n) is 2.76. The topological polar surface area (TPSA) is 57.5 Å². The van der Waals surface area contributed by atoms with E-state index in [-0.39, 0.29) is 17.8 Å². The molecule has 2 N–H and O–H groups in total. The van der Waals surface area contributed by atoms with Crippen molar-refractivity contribution in [2.45, 2.75) is 47.1 Å². The molecule has 0 saturated carbocycles. The van der Waals surface area contributed by atoms with Gasteiger partial charge < -0.3 is 10.2 Å². The molecule has 0 radical (unpaired) electrons. The molecule has 0 aromatic carbocycles. The predicted molar refractivity (Wildman–Crippen MR) is 95.0 cm³/mol. The smallest absolute Gasteiger partial charge is 0.187 e. The molecule has 1 unspecified atom stereocenters. The average molecular weight is 316 g/mol. The number of ketones is 1. The van der Waals surface area contributed by atoms with E-state index in [0.29, 0.717) is 12.0 Å². The molecule has 1 atom stereocenters. The van der Waals surface area contributed by atoms with Gasteiger partial charge in [0.05, 0.1) is 6.61 Å². The van der Waals surface area contributed by atoms with Crippen LogP contribution in [0.15, 0.2) is 58.7 Å². The highest BCUT2D eigenvalue weighted by Crippen LogP contribution is 2.39. The van der Waals surface area contributed by atoms with Gasteiger partial charge in [-0.05, 0) is 43.8 Å². The van der Waals surface area contributed by atoms with Gasteiger partial charge >= 0.3 is 0 Å². The van der Waals surface area contributed by atoms with Crippen LogP contribution in [0.5, 0.6) is 0 Å². The van der Waals surface area contributed by atoms with Gasteiger partial charge in [-0.25, -0.2) is 0 Å². The fourth-order valence-corrected chi connectivity index (χ4v) is 2.76.